The second-order valence-electron chi connectivity index (χ2n) is 6.03. The molecule has 0 aliphatic carbocycles. The van der Waals surface area contributed by atoms with Crippen molar-refractivity contribution in [3.63, 3.8) is 0 Å². The van der Waals surface area contributed by atoms with Crippen LogP contribution in [0.4, 0.5) is 4.39 Å². The predicted octanol–water partition coefficient (Wildman–Crippen LogP) is 3.56. The summed E-state index contributed by atoms with van der Waals surface area (Å²) in [6.07, 6.45) is -1.12. The van der Waals surface area contributed by atoms with E-state index in [-0.39, 0.29) is 5.82 Å². The lowest BCUT2D eigenvalue weighted by molar-refractivity contribution is -0.129. The third kappa shape index (κ3) is 5.26. The largest absolute Gasteiger partial charge is 0.448 e. The summed E-state index contributed by atoms with van der Waals surface area (Å²) < 4.78 is 18.2. The highest BCUT2D eigenvalue weighted by atomic mass is 32.1. The molecule has 2 aromatic carbocycles. The maximum atomic E-state index is 13.0. The summed E-state index contributed by atoms with van der Waals surface area (Å²) in [6, 6.07) is 17.6. The Labute approximate surface area is 170 Å². The van der Waals surface area contributed by atoms with Gasteiger partial charge in [-0.2, -0.15) is 0 Å². The van der Waals surface area contributed by atoms with E-state index in [0.29, 0.717) is 10.4 Å². The van der Waals surface area contributed by atoms with Crippen LogP contribution in [0, 0.1) is 5.82 Å². The highest BCUT2D eigenvalue weighted by Crippen LogP contribution is 2.28. The van der Waals surface area contributed by atoms with Gasteiger partial charge >= 0.3 is 5.97 Å². The number of carbonyl (C=O) groups excluding carboxylic acids is 3. The summed E-state index contributed by atoms with van der Waals surface area (Å²) in [4.78, 5) is 37.3. The Balaban J connectivity index is 1.54. The topological polar surface area (TPSA) is 84.5 Å². The Morgan fingerprint density at radius 1 is 0.931 bits per heavy atom. The third-order valence-electron chi connectivity index (χ3n) is 3.92. The lowest BCUT2D eigenvalue weighted by Crippen LogP contribution is -2.46. The van der Waals surface area contributed by atoms with E-state index in [0.717, 1.165) is 10.4 Å². The molecule has 0 fully saturated rings. The minimum atomic E-state index is -1.12. The number of benzene rings is 2. The molecule has 2 N–H and O–H groups in total. The van der Waals surface area contributed by atoms with Crippen molar-refractivity contribution in [2.75, 3.05) is 0 Å². The quantitative estimate of drug-likeness (QED) is 0.496. The minimum Gasteiger partial charge on any atom is -0.448 e. The van der Waals surface area contributed by atoms with E-state index >= 15 is 0 Å². The van der Waals surface area contributed by atoms with Gasteiger partial charge in [0.2, 0.25) is 0 Å². The molecule has 3 aromatic rings. The Morgan fingerprint density at radius 2 is 1.62 bits per heavy atom. The van der Waals surface area contributed by atoms with Crippen molar-refractivity contribution in [3.05, 3.63) is 83.0 Å². The lowest BCUT2D eigenvalue weighted by Gasteiger charge is -2.13. The Bertz CT molecular complexity index is 1020. The Hall–Kier alpha value is -3.52. The Kier molecular flexibility index (Phi) is 6.36. The lowest BCUT2D eigenvalue weighted by atomic mass is 10.2. The molecule has 0 saturated heterocycles. The maximum absolute atomic E-state index is 13.0. The normalized spacial score (nSPS) is 11.4. The van der Waals surface area contributed by atoms with Crippen LogP contribution < -0.4 is 10.9 Å². The molecule has 0 aliphatic heterocycles. The van der Waals surface area contributed by atoms with Crippen molar-refractivity contribution in [3.8, 4) is 10.4 Å². The first-order chi connectivity index (χ1) is 13.9. The average molecular weight is 412 g/mol. The third-order valence-corrected chi connectivity index (χ3v) is 5.04. The van der Waals surface area contributed by atoms with Gasteiger partial charge in [-0.25, -0.2) is 9.18 Å². The first-order valence-electron chi connectivity index (χ1n) is 8.66. The van der Waals surface area contributed by atoms with Crippen molar-refractivity contribution >= 4 is 29.1 Å². The molecule has 0 aliphatic rings. The van der Waals surface area contributed by atoms with Crippen molar-refractivity contribution < 1.29 is 23.5 Å². The summed E-state index contributed by atoms with van der Waals surface area (Å²) in [5.41, 5.74) is 5.64. The van der Waals surface area contributed by atoms with Gasteiger partial charge in [0.1, 0.15) is 10.7 Å². The smallest absolute Gasteiger partial charge is 0.349 e. The van der Waals surface area contributed by atoms with Crippen LogP contribution in [0.15, 0.2) is 66.7 Å². The number of esters is 1. The molecule has 1 atom stereocenters. The Morgan fingerprint density at radius 3 is 2.31 bits per heavy atom. The molecule has 6 nitrogen and oxygen atoms in total. The van der Waals surface area contributed by atoms with E-state index in [9.17, 15) is 18.8 Å². The second kappa shape index (κ2) is 9.11. The van der Waals surface area contributed by atoms with Gasteiger partial charge in [-0.1, -0.05) is 30.3 Å². The monoisotopic (exact) mass is 412 g/mol. The van der Waals surface area contributed by atoms with E-state index in [1.54, 1.807) is 54.6 Å². The maximum Gasteiger partial charge on any atom is 0.349 e. The number of amides is 2. The fourth-order valence-electron chi connectivity index (χ4n) is 2.37. The number of halogens is 1. The van der Waals surface area contributed by atoms with E-state index in [4.69, 9.17) is 4.74 Å². The molecule has 0 unspecified atom stereocenters. The molecule has 0 bridgehead atoms. The van der Waals surface area contributed by atoms with Gasteiger partial charge in [-0.3, -0.25) is 20.4 Å². The van der Waals surface area contributed by atoms with E-state index in [1.807, 2.05) is 0 Å². The van der Waals surface area contributed by atoms with Crippen molar-refractivity contribution in [1.82, 2.24) is 10.9 Å². The standard InChI is InChI=1S/C21H17FN2O4S/c1-13(19(25)23-24-20(26)15-5-3-2-4-6-15)28-21(27)18-12-11-17(29-18)14-7-9-16(22)10-8-14/h2-13H,1H3,(H,23,25)(H,24,26)/t13-/m0/s1. The number of nitrogens with one attached hydrogen (secondary N) is 2. The number of hydrazine groups is 1. The van der Waals surface area contributed by atoms with Crippen LogP contribution in [0.25, 0.3) is 10.4 Å². The molecule has 0 saturated carbocycles. The van der Waals surface area contributed by atoms with Gasteiger partial charge in [-0.05, 0) is 48.9 Å². The van der Waals surface area contributed by atoms with E-state index in [2.05, 4.69) is 10.9 Å². The van der Waals surface area contributed by atoms with E-state index < -0.39 is 23.9 Å². The predicted molar refractivity (Wildman–Crippen MR) is 107 cm³/mol. The van der Waals surface area contributed by atoms with Gasteiger partial charge in [0.25, 0.3) is 11.8 Å². The first kappa shape index (κ1) is 20.2. The number of ether oxygens (including phenoxy) is 1. The number of hydrogen-bond donors (Lipinski definition) is 2. The number of hydrogen-bond acceptors (Lipinski definition) is 5. The summed E-state index contributed by atoms with van der Waals surface area (Å²) in [5, 5.41) is 0. The minimum absolute atomic E-state index is 0.303. The molecule has 0 spiro atoms. The average Bonchev–Trinajstić information content (AvgIpc) is 3.23. The molecule has 29 heavy (non-hydrogen) atoms. The van der Waals surface area contributed by atoms with Crippen LogP contribution in [0.5, 0.6) is 0 Å². The van der Waals surface area contributed by atoms with Gasteiger partial charge in [0, 0.05) is 10.4 Å². The van der Waals surface area contributed by atoms with E-state index in [1.165, 1.54) is 30.4 Å². The van der Waals surface area contributed by atoms with Crippen LogP contribution in [-0.2, 0) is 9.53 Å². The molecule has 8 heteroatoms. The van der Waals surface area contributed by atoms with Crippen LogP contribution >= 0.6 is 11.3 Å². The first-order valence-corrected chi connectivity index (χ1v) is 9.47. The fraction of sp³-hybridized carbons (Fsp3) is 0.0952. The zero-order valence-corrected chi connectivity index (χ0v) is 16.2. The molecule has 3 rings (SSSR count). The summed E-state index contributed by atoms with van der Waals surface area (Å²) in [7, 11) is 0. The molecule has 1 heterocycles. The van der Waals surface area contributed by atoms with Crippen LogP contribution in [0.1, 0.15) is 27.0 Å². The van der Waals surface area contributed by atoms with Gasteiger partial charge in [0.05, 0.1) is 0 Å². The molecule has 0 radical (unpaired) electrons. The van der Waals surface area contributed by atoms with Crippen molar-refractivity contribution in [1.29, 1.82) is 0 Å². The molecule has 148 valence electrons. The summed E-state index contributed by atoms with van der Waals surface area (Å²) in [5.74, 6) is -2.16. The number of carbonyl (C=O) groups is 3. The van der Waals surface area contributed by atoms with Crippen LogP contribution in [0.2, 0.25) is 0 Å². The van der Waals surface area contributed by atoms with Crippen molar-refractivity contribution in [2.45, 2.75) is 13.0 Å². The zero-order valence-electron chi connectivity index (χ0n) is 15.3. The van der Waals surface area contributed by atoms with Crippen LogP contribution in [-0.4, -0.2) is 23.9 Å². The van der Waals surface area contributed by atoms with Gasteiger partial charge in [-0.15, -0.1) is 11.3 Å². The van der Waals surface area contributed by atoms with Gasteiger partial charge < -0.3 is 4.74 Å². The molecule has 2 amide bonds. The second-order valence-corrected chi connectivity index (χ2v) is 7.11. The molecular weight excluding hydrogens is 395 g/mol. The summed E-state index contributed by atoms with van der Waals surface area (Å²) in [6.45, 7) is 1.40. The molecular formula is C21H17FN2O4S. The van der Waals surface area contributed by atoms with Crippen molar-refractivity contribution in [2.24, 2.45) is 0 Å². The highest BCUT2D eigenvalue weighted by Gasteiger charge is 2.21. The summed E-state index contributed by atoms with van der Waals surface area (Å²) >= 11 is 1.17. The highest BCUT2D eigenvalue weighted by molar-refractivity contribution is 7.17. The fourth-order valence-corrected chi connectivity index (χ4v) is 3.27. The van der Waals surface area contributed by atoms with Gasteiger partial charge in [0.15, 0.2) is 6.10 Å². The SMILES string of the molecule is C[C@H](OC(=O)c1ccc(-c2ccc(F)cc2)s1)C(=O)NNC(=O)c1ccccc1. The zero-order chi connectivity index (χ0) is 20.8. The number of thiophene rings is 1. The number of rotatable bonds is 5. The van der Waals surface area contributed by atoms with Crippen LogP contribution in [0.3, 0.4) is 0 Å². The molecule has 1 aromatic heterocycles.